The van der Waals surface area contributed by atoms with Crippen molar-refractivity contribution in [2.24, 2.45) is 29.6 Å². The minimum absolute atomic E-state index is 0.0182. The molecule has 0 saturated heterocycles. The fraction of sp³-hybridized carbons (Fsp3) is 1.00. The van der Waals surface area contributed by atoms with Gasteiger partial charge in [0.15, 0.2) is 0 Å². The maximum atomic E-state index is 10.1. The molecule has 76 valence electrons. The first-order chi connectivity index (χ1) is 6.13. The minimum atomic E-state index is -0.0182. The maximum Gasteiger partial charge on any atom is 0.0601 e. The first kappa shape index (κ1) is 9.51. The maximum absolute atomic E-state index is 10.1. The van der Waals surface area contributed by atoms with Gasteiger partial charge in [-0.05, 0) is 42.4 Å². The van der Waals surface area contributed by atoms with Crippen molar-refractivity contribution >= 4 is 0 Å². The summed E-state index contributed by atoms with van der Waals surface area (Å²) in [5.74, 6) is 3.57. The topological polar surface area (TPSA) is 20.2 Å². The molecular formula is C12H22O. The summed E-state index contributed by atoms with van der Waals surface area (Å²) in [6.45, 7) is 6.63. The van der Waals surface area contributed by atoms with E-state index >= 15 is 0 Å². The lowest BCUT2D eigenvalue weighted by molar-refractivity contribution is 0.0604. The zero-order chi connectivity index (χ0) is 9.59. The smallest absolute Gasteiger partial charge is 0.0601 e. The van der Waals surface area contributed by atoms with Gasteiger partial charge in [-0.1, -0.05) is 27.2 Å². The van der Waals surface area contributed by atoms with Crippen LogP contribution in [0, 0.1) is 29.6 Å². The number of aliphatic hydroxyl groups is 1. The molecule has 1 heteroatoms. The summed E-state index contributed by atoms with van der Waals surface area (Å²) in [5, 5.41) is 10.1. The quantitative estimate of drug-likeness (QED) is 0.711. The largest absolute Gasteiger partial charge is 0.393 e. The lowest BCUT2D eigenvalue weighted by atomic mass is 9.87. The molecule has 0 aromatic heterocycles. The summed E-state index contributed by atoms with van der Waals surface area (Å²) in [7, 11) is 0. The molecule has 0 aromatic carbocycles. The van der Waals surface area contributed by atoms with Crippen LogP contribution in [0.15, 0.2) is 0 Å². The normalized spacial score (nSPS) is 41.8. The molecule has 0 aromatic rings. The fourth-order valence-corrected chi connectivity index (χ4v) is 3.13. The second-order valence-electron chi connectivity index (χ2n) is 5.43. The molecule has 2 rings (SSSR count). The molecular weight excluding hydrogens is 160 g/mol. The Bertz CT molecular complexity index is 178. The monoisotopic (exact) mass is 182 g/mol. The van der Waals surface area contributed by atoms with Crippen LogP contribution < -0.4 is 0 Å². The highest BCUT2D eigenvalue weighted by molar-refractivity contribution is 5.05. The molecule has 0 aliphatic heterocycles. The third-order valence-electron chi connectivity index (χ3n) is 4.46. The van der Waals surface area contributed by atoms with Crippen molar-refractivity contribution in [2.45, 2.75) is 46.1 Å². The van der Waals surface area contributed by atoms with Gasteiger partial charge in [0, 0.05) is 0 Å². The van der Waals surface area contributed by atoms with Gasteiger partial charge < -0.3 is 5.11 Å². The second kappa shape index (κ2) is 3.27. The summed E-state index contributed by atoms with van der Waals surface area (Å²) in [4.78, 5) is 0. The van der Waals surface area contributed by atoms with E-state index in [9.17, 15) is 5.11 Å². The van der Waals surface area contributed by atoms with Gasteiger partial charge in [0.1, 0.15) is 0 Å². The molecule has 2 fully saturated rings. The summed E-state index contributed by atoms with van der Waals surface area (Å²) in [6, 6.07) is 0. The summed E-state index contributed by atoms with van der Waals surface area (Å²) in [5.41, 5.74) is 0. The number of aliphatic hydroxyl groups excluding tert-OH is 1. The number of fused-ring (bicyclic) bond motifs is 1. The molecule has 0 radical (unpaired) electrons. The Labute approximate surface area is 81.5 Å². The van der Waals surface area contributed by atoms with Crippen molar-refractivity contribution in [1.82, 2.24) is 0 Å². The Morgan fingerprint density at radius 2 is 1.62 bits per heavy atom. The van der Waals surface area contributed by atoms with E-state index in [2.05, 4.69) is 20.8 Å². The van der Waals surface area contributed by atoms with Crippen molar-refractivity contribution in [3.8, 4) is 0 Å². The van der Waals surface area contributed by atoms with E-state index in [0.29, 0.717) is 17.8 Å². The molecule has 13 heavy (non-hydrogen) atoms. The molecule has 0 heterocycles. The Morgan fingerprint density at radius 3 is 2.08 bits per heavy atom. The Kier molecular flexibility index (Phi) is 2.39. The van der Waals surface area contributed by atoms with Crippen molar-refractivity contribution < 1.29 is 5.11 Å². The molecule has 2 aliphatic rings. The lowest BCUT2D eigenvalue weighted by Crippen LogP contribution is -2.26. The van der Waals surface area contributed by atoms with Crippen LogP contribution in [-0.2, 0) is 0 Å². The highest BCUT2D eigenvalue weighted by Crippen LogP contribution is 2.60. The van der Waals surface area contributed by atoms with Crippen LogP contribution in [0.5, 0.6) is 0 Å². The van der Waals surface area contributed by atoms with Crippen molar-refractivity contribution in [3.63, 3.8) is 0 Å². The third kappa shape index (κ3) is 1.52. The van der Waals surface area contributed by atoms with Crippen LogP contribution in [0.2, 0.25) is 0 Å². The van der Waals surface area contributed by atoms with E-state index in [-0.39, 0.29) is 6.10 Å². The SMILES string of the molecule is CC(C)C(C)C(O)C1C2CCCC21. The number of rotatable bonds is 3. The molecule has 0 spiro atoms. The van der Waals surface area contributed by atoms with E-state index in [1.165, 1.54) is 19.3 Å². The van der Waals surface area contributed by atoms with E-state index in [0.717, 1.165) is 11.8 Å². The zero-order valence-electron chi connectivity index (χ0n) is 9.03. The van der Waals surface area contributed by atoms with Gasteiger partial charge in [0.05, 0.1) is 6.10 Å². The third-order valence-corrected chi connectivity index (χ3v) is 4.46. The van der Waals surface area contributed by atoms with Gasteiger partial charge in [-0.25, -0.2) is 0 Å². The van der Waals surface area contributed by atoms with Crippen molar-refractivity contribution in [3.05, 3.63) is 0 Å². The van der Waals surface area contributed by atoms with Gasteiger partial charge in [0.25, 0.3) is 0 Å². The van der Waals surface area contributed by atoms with Crippen molar-refractivity contribution in [1.29, 1.82) is 0 Å². The molecule has 4 atom stereocenters. The zero-order valence-corrected chi connectivity index (χ0v) is 9.03. The summed E-state index contributed by atoms with van der Waals surface area (Å²) < 4.78 is 0. The standard InChI is InChI=1S/C12H22O/c1-7(2)8(3)12(13)11-9-5-4-6-10(9)11/h7-13H,4-6H2,1-3H3. The predicted octanol–water partition coefficient (Wildman–Crippen LogP) is 2.69. The summed E-state index contributed by atoms with van der Waals surface area (Å²) >= 11 is 0. The fourth-order valence-electron chi connectivity index (χ4n) is 3.13. The molecule has 2 aliphatic carbocycles. The van der Waals surface area contributed by atoms with Crippen LogP contribution in [0.4, 0.5) is 0 Å². The molecule has 2 saturated carbocycles. The highest BCUT2D eigenvalue weighted by Gasteiger charge is 2.56. The van der Waals surface area contributed by atoms with Crippen molar-refractivity contribution in [2.75, 3.05) is 0 Å². The first-order valence-electron chi connectivity index (χ1n) is 5.81. The first-order valence-corrected chi connectivity index (χ1v) is 5.81. The molecule has 0 bridgehead atoms. The molecule has 1 N–H and O–H groups in total. The average molecular weight is 182 g/mol. The van der Waals surface area contributed by atoms with Crippen LogP contribution in [-0.4, -0.2) is 11.2 Å². The Balaban J connectivity index is 1.88. The molecule has 1 nitrogen and oxygen atoms in total. The van der Waals surface area contributed by atoms with Crippen LogP contribution in [0.3, 0.4) is 0 Å². The van der Waals surface area contributed by atoms with E-state index in [1.54, 1.807) is 0 Å². The Morgan fingerprint density at radius 1 is 1.08 bits per heavy atom. The average Bonchev–Trinajstić information content (AvgIpc) is 2.56. The van der Waals surface area contributed by atoms with E-state index < -0.39 is 0 Å². The number of hydrogen-bond donors (Lipinski definition) is 1. The number of hydrogen-bond acceptors (Lipinski definition) is 1. The van der Waals surface area contributed by atoms with Gasteiger partial charge in [0.2, 0.25) is 0 Å². The van der Waals surface area contributed by atoms with Gasteiger partial charge >= 0.3 is 0 Å². The van der Waals surface area contributed by atoms with Gasteiger partial charge in [-0.2, -0.15) is 0 Å². The molecule has 0 amide bonds. The van der Waals surface area contributed by atoms with Crippen LogP contribution >= 0.6 is 0 Å². The minimum Gasteiger partial charge on any atom is -0.393 e. The van der Waals surface area contributed by atoms with E-state index in [4.69, 9.17) is 0 Å². The highest BCUT2D eigenvalue weighted by atomic mass is 16.3. The van der Waals surface area contributed by atoms with E-state index in [1.807, 2.05) is 0 Å². The van der Waals surface area contributed by atoms with Crippen LogP contribution in [0.1, 0.15) is 40.0 Å². The molecule has 4 unspecified atom stereocenters. The Hall–Kier alpha value is -0.0400. The summed E-state index contributed by atoms with van der Waals surface area (Å²) in [6.07, 6.45) is 4.17. The van der Waals surface area contributed by atoms with Gasteiger partial charge in [-0.15, -0.1) is 0 Å². The second-order valence-corrected chi connectivity index (χ2v) is 5.43. The van der Waals surface area contributed by atoms with Crippen LogP contribution in [0.25, 0.3) is 0 Å². The van der Waals surface area contributed by atoms with Gasteiger partial charge in [-0.3, -0.25) is 0 Å². The lowest BCUT2D eigenvalue weighted by Gasteiger charge is -2.23. The predicted molar refractivity (Wildman–Crippen MR) is 54.3 cm³/mol.